The predicted molar refractivity (Wildman–Crippen MR) is 84.1 cm³/mol. The van der Waals surface area contributed by atoms with Crippen LogP contribution < -0.4 is 10.3 Å². The van der Waals surface area contributed by atoms with Gasteiger partial charge in [-0.15, -0.1) is 0 Å². The second-order valence-electron chi connectivity index (χ2n) is 4.45. The Hall–Kier alpha value is -1.30. The van der Waals surface area contributed by atoms with Crippen molar-refractivity contribution in [3.8, 4) is 0 Å². The number of anilines is 1. The Morgan fingerprint density at radius 3 is 2.52 bits per heavy atom. The van der Waals surface area contributed by atoms with Gasteiger partial charge in [-0.2, -0.15) is 10.1 Å². The monoisotopic (exact) mass is 347 g/mol. The SMILES string of the molecule is CCCC(=O)NC1=NN(c2c(Cl)cc(Cl)cc2Cl)C(=O)C1. The second kappa shape index (κ2) is 6.64. The van der Waals surface area contributed by atoms with E-state index >= 15 is 0 Å². The van der Waals surface area contributed by atoms with Crippen LogP contribution in [0, 0.1) is 0 Å². The minimum Gasteiger partial charge on any atom is -0.312 e. The molecule has 2 amide bonds. The van der Waals surface area contributed by atoms with E-state index in [2.05, 4.69) is 10.4 Å². The van der Waals surface area contributed by atoms with Gasteiger partial charge < -0.3 is 5.32 Å². The van der Waals surface area contributed by atoms with Crippen molar-refractivity contribution in [3.63, 3.8) is 0 Å². The van der Waals surface area contributed by atoms with Gasteiger partial charge in [0.05, 0.1) is 16.5 Å². The molecule has 0 aliphatic carbocycles. The lowest BCUT2D eigenvalue weighted by atomic mass is 10.3. The summed E-state index contributed by atoms with van der Waals surface area (Å²) in [5.74, 6) is -0.229. The van der Waals surface area contributed by atoms with E-state index in [-0.39, 0.29) is 39.8 Å². The van der Waals surface area contributed by atoms with Crippen molar-refractivity contribution in [1.82, 2.24) is 5.32 Å². The summed E-state index contributed by atoms with van der Waals surface area (Å²) >= 11 is 18.0. The van der Waals surface area contributed by atoms with Gasteiger partial charge in [0.15, 0.2) is 0 Å². The number of carbonyl (C=O) groups is 2. The summed E-state index contributed by atoms with van der Waals surface area (Å²) in [4.78, 5) is 23.6. The number of rotatable bonds is 3. The molecule has 112 valence electrons. The van der Waals surface area contributed by atoms with E-state index in [1.165, 1.54) is 12.1 Å². The summed E-state index contributed by atoms with van der Waals surface area (Å²) in [6.07, 6.45) is 1.08. The standard InChI is InChI=1S/C13H12Cl3N3O2/c1-2-3-11(20)17-10-6-12(21)19(18-10)13-8(15)4-7(14)5-9(13)16/h4-5H,2-3,6H2,1H3,(H,17,18,20). The van der Waals surface area contributed by atoms with Gasteiger partial charge in [-0.3, -0.25) is 9.59 Å². The van der Waals surface area contributed by atoms with Crippen LogP contribution in [0.5, 0.6) is 0 Å². The first-order valence-corrected chi connectivity index (χ1v) is 7.40. The van der Waals surface area contributed by atoms with Crippen LogP contribution >= 0.6 is 34.8 Å². The molecule has 0 unspecified atom stereocenters. The Kier molecular flexibility index (Phi) is 5.08. The number of carbonyl (C=O) groups excluding carboxylic acids is 2. The largest absolute Gasteiger partial charge is 0.312 e. The summed E-state index contributed by atoms with van der Waals surface area (Å²) in [7, 11) is 0. The minimum absolute atomic E-state index is 0.00919. The van der Waals surface area contributed by atoms with E-state index in [1.807, 2.05) is 6.92 Å². The molecule has 1 heterocycles. The Morgan fingerprint density at radius 1 is 1.33 bits per heavy atom. The molecule has 1 aromatic rings. The van der Waals surface area contributed by atoms with Gasteiger partial charge in [-0.05, 0) is 18.6 Å². The van der Waals surface area contributed by atoms with Crippen molar-refractivity contribution in [3.05, 3.63) is 27.2 Å². The highest BCUT2D eigenvalue weighted by atomic mass is 35.5. The lowest BCUT2D eigenvalue weighted by molar-refractivity contribution is -0.119. The molecule has 1 N–H and O–H groups in total. The van der Waals surface area contributed by atoms with Gasteiger partial charge in [0.1, 0.15) is 11.5 Å². The highest BCUT2D eigenvalue weighted by Crippen LogP contribution is 2.38. The molecule has 0 bridgehead atoms. The van der Waals surface area contributed by atoms with E-state index in [1.54, 1.807) is 0 Å². The fourth-order valence-electron chi connectivity index (χ4n) is 1.86. The smallest absolute Gasteiger partial charge is 0.255 e. The van der Waals surface area contributed by atoms with Gasteiger partial charge in [-0.25, -0.2) is 0 Å². The van der Waals surface area contributed by atoms with Gasteiger partial charge >= 0.3 is 0 Å². The maximum atomic E-state index is 12.0. The van der Waals surface area contributed by atoms with Crippen molar-refractivity contribution < 1.29 is 9.59 Å². The van der Waals surface area contributed by atoms with E-state index < -0.39 is 0 Å². The number of hydrogen-bond donors (Lipinski definition) is 1. The predicted octanol–water partition coefficient (Wildman–Crippen LogP) is 3.61. The third-order valence-corrected chi connectivity index (χ3v) is 3.52. The molecule has 0 atom stereocenters. The number of amidine groups is 1. The molecule has 0 radical (unpaired) electrons. The maximum absolute atomic E-state index is 12.0. The van der Waals surface area contributed by atoms with Crippen molar-refractivity contribution in [2.75, 3.05) is 5.01 Å². The highest BCUT2D eigenvalue weighted by molar-refractivity contribution is 6.42. The zero-order chi connectivity index (χ0) is 15.6. The Labute approximate surface area is 136 Å². The van der Waals surface area contributed by atoms with Crippen LogP contribution in [0.4, 0.5) is 5.69 Å². The zero-order valence-corrected chi connectivity index (χ0v) is 13.4. The number of nitrogens with zero attached hydrogens (tertiary/aromatic N) is 2. The van der Waals surface area contributed by atoms with Gasteiger partial charge in [-0.1, -0.05) is 41.7 Å². The third-order valence-electron chi connectivity index (χ3n) is 2.73. The van der Waals surface area contributed by atoms with E-state index in [4.69, 9.17) is 34.8 Å². The fourth-order valence-corrected chi connectivity index (χ4v) is 2.84. The van der Waals surface area contributed by atoms with Crippen molar-refractivity contribution in [1.29, 1.82) is 0 Å². The fraction of sp³-hybridized carbons (Fsp3) is 0.308. The van der Waals surface area contributed by atoms with E-state index in [0.717, 1.165) is 5.01 Å². The number of hydrazone groups is 1. The molecule has 0 spiro atoms. The van der Waals surface area contributed by atoms with Crippen LogP contribution in [-0.4, -0.2) is 17.6 Å². The van der Waals surface area contributed by atoms with Gasteiger partial charge in [0, 0.05) is 11.4 Å². The van der Waals surface area contributed by atoms with Crippen LogP contribution in [0.1, 0.15) is 26.2 Å². The summed E-state index contributed by atoms with van der Waals surface area (Å²) in [5, 5.41) is 8.54. The number of hydrogen-bond acceptors (Lipinski definition) is 3. The number of benzene rings is 1. The zero-order valence-electron chi connectivity index (χ0n) is 11.1. The Morgan fingerprint density at radius 2 is 1.95 bits per heavy atom. The summed E-state index contributed by atoms with van der Waals surface area (Å²) in [5.41, 5.74) is 0.257. The first kappa shape index (κ1) is 16.1. The van der Waals surface area contributed by atoms with E-state index in [9.17, 15) is 9.59 Å². The molecule has 21 heavy (non-hydrogen) atoms. The molecule has 1 aliphatic rings. The highest BCUT2D eigenvalue weighted by Gasteiger charge is 2.29. The molecule has 0 saturated carbocycles. The van der Waals surface area contributed by atoms with Gasteiger partial charge in [0.2, 0.25) is 5.91 Å². The quantitative estimate of drug-likeness (QED) is 0.907. The number of nitrogens with one attached hydrogen (secondary N) is 1. The summed E-state index contributed by atoms with van der Waals surface area (Å²) < 4.78 is 0. The molecule has 2 rings (SSSR count). The average molecular weight is 349 g/mol. The van der Waals surface area contributed by atoms with Crippen LogP contribution in [0.25, 0.3) is 0 Å². The molecule has 8 heteroatoms. The first-order valence-electron chi connectivity index (χ1n) is 6.27. The number of amides is 2. The maximum Gasteiger partial charge on any atom is 0.255 e. The molecule has 1 aliphatic heterocycles. The van der Waals surface area contributed by atoms with Crippen molar-refractivity contribution in [2.45, 2.75) is 26.2 Å². The van der Waals surface area contributed by atoms with Crippen molar-refractivity contribution in [2.24, 2.45) is 5.10 Å². The third kappa shape index (κ3) is 3.67. The van der Waals surface area contributed by atoms with Crippen LogP contribution in [0.3, 0.4) is 0 Å². The molecule has 0 aromatic heterocycles. The van der Waals surface area contributed by atoms with Crippen LogP contribution in [0.2, 0.25) is 15.1 Å². The lowest BCUT2D eigenvalue weighted by Crippen LogP contribution is -2.29. The molecule has 1 aromatic carbocycles. The molecule has 0 fully saturated rings. The van der Waals surface area contributed by atoms with Gasteiger partial charge in [0.25, 0.3) is 5.91 Å². The van der Waals surface area contributed by atoms with Crippen LogP contribution in [-0.2, 0) is 9.59 Å². The lowest BCUT2D eigenvalue weighted by Gasteiger charge is -2.15. The Bertz CT molecular complexity index is 608. The number of halogens is 3. The van der Waals surface area contributed by atoms with Crippen molar-refractivity contribution >= 4 is 58.1 Å². The molecule has 0 saturated heterocycles. The normalized spacial score (nSPS) is 14.4. The van der Waals surface area contributed by atoms with E-state index in [0.29, 0.717) is 17.9 Å². The van der Waals surface area contributed by atoms with Crippen LogP contribution in [0.15, 0.2) is 17.2 Å². The average Bonchev–Trinajstić information content (AvgIpc) is 2.69. The summed E-state index contributed by atoms with van der Waals surface area (Å²) in [6.45, 7) is 1.89. The molecular formula is C13H12Cl3N3O2. The minimum atomic E-state index is -0.326. The first-order chi connectivity index (χ1) is 9.92. The molecular weight excluding hydrogens is 337 g/mol. The molecule has 5 nitrogen and oxygen atoms in total. The summed E-state index contributed by atoms with van der Waals surface area (Å²) in [6, 6.07) is 2.95. The topological polar surface area (TPSA) is 61.8 Å². The second-order valence-corrected chi connectivity index (χ2v) is 5.70. The Balaban J connectivity index is 2.27.